The Morgan fingerprint density at radius 2 is 1.67 bits per heavy atom. The first-order valence-corrected chi connectivity index (χ1v) is 2.58. The predicted molar refractivity (Wildman–Crippen MR) is 32.6 cm³/mol. The summed E-state index contributed by atoms with van der Waals surface area (Å²) in [6.07, 6.45) is 0. The van der Waals surface area contributed by atoms with Crippen molar-refractivity contribution in [3.05, 3.63) is 0 Å². The molecule has 0 aliphatic carbocycles. The molecule has 0 saturated carbocycles. The predicted octanol–water partition coefficient (Wildman–Crippen LogP) is -0.111. The third-order valence-corrected chi connectivity index (χ3v) is 0.830. The normalized spacial score (nSPS) is 18.7. The highest BCUT2D eigenvalue weighted by atomic mass is 32.2. The van der Waals surface area contributed by atoms with Gasteiger partial charge in [-0.15, -0.1) is 11.8 Å². The molecule has 2 N–H and O–H groups in total. The number of hydrogen-bond acceptors (Lipinski definition) is 3. The van der Waals surface area contributed by atoms with Crippen LogP contribution in [0.1, 0.15) is 5.48 Å². The average molecular weight is 154 g/mol. The Morgan fingerprint density at radius 3 is 1.89 bits per heavy atom. The zero-order valence-corrected chi connectivity index (χ0v) is 4.94. The van der Waals surface area contributed by atoms with Crippen molar-refractivity contribution in [3.63, 3.8) is 0 Å². The molecule has 0 radical (unpaired) electrons. The Morgan fingerprint density at radius 1 is 1.33 bits per heavy atom. The zero-order valence-electron chi connectivity index (χ0n) is 8.12. The maximum absolute atomic E-state index is 10.2. The molecule has 0 aromatic rings. The lowest BCUT2D eigenvalue weighted by Crippen LogP contribution is -2.03. The Hall–Kier alpha value is -0.710. The number of carboxylic acid groups (broad SMARTS) is 2. The van der Waals surface area contributed by atoms with E-state index in [-0.39, 0.29) is 0 Å². The van der Waals surface area contributed by atoms with Crippen LogP contribution in [0.3, 0.4) is 0 Å². The number of aliphatic carboxylic acids is 2. The van der Waals surface area contributed by atoms with E-state index in [0.717, 1.165) is 0 Å². The molecule has 9 heavy (non-hydrogen) atoms. The zero-order chi connectivity index (χ0) is 10.9. The second kappa shape index (κ2) is 4.20. The Balaban J connectivity index is 4.61. The summed E-state index contributed by atoms with van der Waals surface area (Å²) in [5.74, 6) is -3.83. The number of hydrogen-bond donors (Lipinski definition) is 2. The standard InChI is InChI=1S/C4H6O4S/c5-3(6)1-9-2-4(7)8/h1-2H2,(H,5,6)(H,7,8)/i1D2,2D2. The van der Waals surface area contributed by atoms with Crippen LogP contribution in [0.5, 0.6) is 0 Å². The van der Waals surface area contributed by atoms with Crippen molar-refractivity contribution in [1.82, 2.24) is 0 Å². The fourth-order valence-electron chi connectivity index (χ4n) is 0.113. The first kappa shape index (κ1) is 3.46. The molecule has 0 rings (SSSR count). The topological polar surface area (TPSA) is 74.6 Å². The van der Waals surface area contributed by atoms with Crippen LogP contribution in [0.2, 0.25) is 0 Å². The van der Waals surface area contributed by atoms with Crippen molar-refractivity contribution in [2.75, 3.05) is 11.4 Å². The van der Waals surface area contributed by atoms with Crippen molar-refractivity contribution >= 4 is 23.7 Å². The molecule has 0 fully saturated rings. The van der Waals surface area contributed by atoms with Crippen LogP contribution in [0.4, 0.5) is 0 Å². The van der Waals surface area contributed by atoms with Crippen LogP contribution in [-0.4, -0.2) is 33.6 Å². The minimum Gasteiger partial charge on any atom is -0.481 e. The summed E-state index contributed by atoms with van der Waals surface area (Å²) in [7, 11) is 0. The minimum absolute atomic E-state index is 0.412. The van der Waals surface area contributed by atoms with Gasteiger partial charge >= 0.3 is 11.9 Å². The molecule has 0 saturated heterocycles. The highest BCUT2D eigenvalue weighted by Gasteiger charge is 1.99. The summed E-state index contributed by atoms with van der Waals surface area (Å²) >= 11 is -0.412. The van der Waals surface area contributed by atoms with Crippen molar-refractivity contribution in [3.8, 4) is 0 Å². The van der Waals surface area contributed by atoms with Gasteiger partial charge in [-0.05, 0) is 0 Å². The number of rotatable bonds is 4. The summed E-state index contributed by atoms with van der Waals surface area (Å²) < 4.78 is 27.0. The van der Waals surface area contributed by atoms with Crippen molar-refractivity contribution in [1.29, 1.82) is 0 Å². The van der Waals surface area contributed by atoms with E-state index in [4.69, 9.17) is 15.7 Å². The number of carbonyl (C=O) groups is 2. The van der Waals surface area contributed by atoms with E-state index < -0.39 is 35.1 Å². The highest BCUT2D eigenvalue weighted by Crippen LogP contribution is 1.96. The van der Waals surface area contributed by atoms with Crippen LogP contribution in [0.25, 0.3) is 0 Å². The van der Waals surface area contributed by atoms with E-state index in [0.29, 0.717) is 0 Å². The van der Waals surface area contributed by atoms with Gasteiger partial charge in [-0.3, -0.25) is 9.59 Å². The molecule has 0 spiro atoms. The van der Waals surface area contributed by atoms with Crippen LogP contribution in [0.15, 0.2) is 0 Å². The van der Waals surface area contributed by atoms with Crippen LogP contribution in [-0.2, 0) is 9.59 Å². The fraction of sp³-hybridized carbons (Fsp3) is 0.500. The molecule has 0 atom stereocenters. The average Bonchev–Trinajstić information content (AvgIpc) is 1.83. The van der Waals surface area contributed by atoms with Gasteiger partial charge in [0.15, 0.2) is 0 Å². The molecule has 0 heterocycles. The molecule has 0 aliphatic rings. The molecule has 0 aromatic carbocycles. The number of carboxylic acids is 2. The summed E-state index contributed by atoms with van der Waals surface area (Å²) in [6, 6.07) is 0. The molecule has 0 amide bonds. The van der Waals surface area contributed by atoms with Gasteiger partial charge in [0, 0.05) is 0 Å². The minimum atomic E-state index is -2.96. The lowest BCUT2D eigenvalue weighted by Gasteiger charge is -1.89. The molecule has 0 unspecified atom stereocenters. The lowest BCUT2D eigenvalue weighted by molar-refractivity contribution is -0.134. The maximum Gasteiger partial charge on any atom is 0.313 e. The van der Waals surface area contributed by atoms with E-state index in [1.54, 1.807) is 0 Å². The Kier molecular flexibility index (Phi) is 1.61. The first-order chi connectivity index (χ1) is 5.59. The SMILES string of the molecule is [2H]C([2H])(SC([2H])([2H])C(=O)O)C(=O)O. The van der Waals surface area contributed by atoms with Gasteiger partial charge < -0.3 is 10.2 Å². The molecule has 4 nitrogen and oxygen atoms in total. The number of thioether (sulfide) groups is 1. The monoisotopic (exact) mass is 154 g/mol. The Labute approximate surface area is 61.5 Å². The third-order valence-electron chi connectivity index (χ3n) is 0.277. The van der Waals surface area contributed by atoms with Gasteiger partial charge in [-0.25, -0.2) is 0 Å². The third kappa shape index (κ3) is 7.29. The quantitative estimate of drug-likeness (QED) is 0.591. The molecule has 0 aromatic heterocycles. The smallest absolute Gasteiger partial charge is 0.313 e. The van der Waals surface area contributed by atoms with E-state index in [1.165, 1.54) is 0 Å². The van der Waals surface area contributed by atoms with E-state index in [2.05, 4.69) is 0 Å². The van der Waals surface area contributed by atoms with Crippen molar-refractivity contribution < 1.29 is 25.3 Å². The second-order valence-electron chi connectivity index (χ2n) is 0.916. The lowest BCUT2D eigenvalue weighted by atomic mass is 10.8. The van der Waals surface area contributed by atoms with Gasteiger partial charge in [0.2, 0.25) is 0 Å². The highest BCUT2D eigenvalue weighted by molar-refractivity contribution is 8.00. The van der Waals surface area contributed by atoms with Crippen LogP contribution < -0.4 is 0 Å². The van der Waals surface area contributed by atoms with Gasteiger partial charge in [-0.2, -0.15) is 0 Å². The fourth-order valence-corrected chi connectivity index (χ4v) is 0.338. The molecule has 52 valence electrons. The summed E-state index contributed by atoms with van der Waals surface area (Å²) in [5.41, 5.74) is -5.91. The van der Waals surface area contributed by atoms with Crippen LogP contribution in [0, 0.1) is 0 Å². The molecule has 0 bridgehead atoms. The molecule has 5 heteroatoms. The van der Waals surface area contributed by atoms with Gasteiger partial charge in [0.05, 0.1) is 16.9 Å². The van der Waals surface area contributed by atoms with Crippen molar-refractivity contribution in [2.45, 2.75) is 0 Å². The van der Waals surface area contributed by atoms with Gasteiger partial charge in [-0.1, -0.05) is 0 Å². The summed E-state index contributed by atoms with van der Waals surface area (Å²) in [6.45, 7) is 0. The second-order valence-corrected chi connectivity index (χ2v) is 1.53. The maximum atomic E-state index is 10.2. The van der Waals surface area contributed by atoms with E-state index in [1.807, 2.05) is 0 Å². The van der Waals surface area contributed by atoms with E-state index in [9.17, 15) is 9.59 Å². The Bertz CT molecular complexity index is 216. The van der Waals surface area contributed by atoms with E-state index >= 15 is 0 Å². The molecular formula is C4H6O4S. The summed E-state index contributed by atoms with van der Waals surface area (Å²) in [4.78, 5) is 20.3. The van der Waals surface area contributed by atoms with Crippen molar-refractivity contribution in [2.24, 2.45) is 0 Å². The molecule has 0 aliphatic heterocycles. The summed E-state index contributed by atoms with van der Waals surface area (Å²) in [5, 5.41) is 16.5. The van der Waals surface area contributed by atoms with Gasteiger partial charge in [0.25, 0.3) is 0 Å². The van der Waals surface area contributed by atoms with Crippen LogP contribution >= 0.6 is 11.8 Å². The van der Waals surface area contributed by atoms with Gasteiger partial charge in [0.1, 0.15) is 0 Å². The molecular weight excluding hydrogens is 144 g/mol. The largest absolute Gasteiger partial charge is 0.481 e. The first-order valence-electron chi connectivity index (χ1n) is 3.76.